The van der Waals surface area contributed by atoms with Gasteiger partial charge in [0.05, 0.1) is 7.11 Å². The lowest BCUT2D eigenvalue weighted by atomic mass is 9.79. The third-order valence-electron chi connectivity index (χ3n) is 2.08. The van der Waals surface area contributed by atoms with Crippen molar-refractivity contribution in [2.75, 3.05) is 14.2 Å². The Bertz CT molecular complexity index is 399. The van der Waals surface area contributed by atoms with Crippen molar-refractivity contribution in [2.45, 2.75) is 0 Å². The van der Waals surface area contributed by atoms with Crippen molar-refractivity contribution < 1.29 is 24.1 Å². The molecule has 1 aromatic rings. The Morgan fingerprint density at radius 2 is 2.12 bits per heavy atom. The van der Waals surface area contributed by atoms with Crippen LogP contribution in [0.5, 0.6) is 0 Å². The topological polar surface area (TPSA) is 70.0 Å². The van der Waals surface area contributed by atoms with E-state index in [0.717, 1.165) is 17.2 Å². The summed E-state index contributed by atoms with van der Waals surface area (Å²) in [5, 5.41) is 18.7. The normalized spacial score (nSPS) is 10.1. The van der Waals surface area contributed by atoms with Crippen LogP contribution in [0, 0.1) is 5.82 Å². The molecule has 2 N–H and O–H groups in total. The Labute approximate surface area is 92.2 Å². The summed E-state index contributed by atoms with van der Waals surface area (Å²) in [7, 11) is 0.741. The summed E-state index contributed by atoms with van der Waals surface area (Å²) in [4.78, 5) is 16.2. The molecule has 0 aliphatic carbocycles. The number of carbonyl (C=O) groups excluding carboxylic acids is 1. The zero-order valence-corrected chi connectivity index (χ0v) is 8.85. The molecule has 0 aliphatic rings. The van der Waals surface area contributed by atoms with Gasteiger partial charge in [0.15, 0.2) is 0 Å². The fourth-order valence-corrected chi connectivity index (χ4v) is 1.14. The minimum Gasteiger partial charge on any atom is -0.423 e. The maximum Gasteiger partial charge on any atom is 0.491 e. The Morgan fingerprint density at radius 3 is 2.62 bits per heavy atom. The smallest absolute Gasteiger partial charge is 0.423 e. The van der Waals surface area contributed by atoms with Gasteiger partial charge in [0.1, 0.15) is 5.82 Å². The number of hydrogen-bond donors (Lipinski definition) is 2. The fraction of sp³-hybridized carbons (Fsp3) is 0.222. The lowest BCUT2D eigenvalue weighted by Crippen LogP contribution is -2.34. The van der Waals surface area contributed by atoms with E-state index in [-0.39, 0.29) is 11.0 Å². The van der Waals surface area contributed by atoms with Gasteiger partial charge < -0.3 is 10.0 Å². The largest absolute Gasteiger partial charge is 0.491 e. The van der Waals surface area contributed by atoms with E-state index in [1.165, 1.54) is 20.2 Å². The number of halogens is 1. The van der Waals surface area contributed by atoms with E-state index in [9.17, 15) is 9.18 Å². The van der Waals surface area contributed by atoms with Gasteiger partial charge in [-0.25, -0.2) is 9.45 Å². The molecule has 7 heteroatoms. The van der Waals surface area contributed by atoms with Crippen molar-refractivity contribution in [2.24, 2.45) is 0 Å². The maximum absolute atomic E-state index is 13.1. The van der Waals surface area contributed by atoms with Gasteiger partial charge in [0, 0.05) is 18.1 Å². The minimum absolute atomic E-state index is 0.105. The van der Waals surface area contributed by atoms with E-state index in [2.05, 4.69) is 4.84 Å². The lowest BCUT2D eigenvalue weighted by molar-refractivity contribution is -0.0756. The molecule has 0 bridgehead atoms. The monoisotopic (exact) mass is 227 g/mol. The van der Waals surface area contributed by atoms with Crippen molar-refractivity contribution in [1.82, 2.24) is 5.06 Å². The molecule has 0 heterocycles. The standard InChI is InChI=1S/C9H11BFNO4/c1-12(16-2)9(13)6-3-4-8(11)7(5-6)10(14)15/h3-5,14-15H,1-2H3. The highest BCUT2D eigenvalue weighted by atomic mass is 19.1. The lowest BCUT2D eigenvalue weighted by Gasteiger charge is -2.14. The molecule has 0 aliphatic heterocycles. The van der Waals surface area contributed by atoms with Crippen LogP contribution in [0.1, 0.15) is 10.4 Å². The summed E-state index contributed by atoms with van der Waals surface area (Å²) in [6.07, 6.45) is 0. The molecule has 16 heavy (non-hydrogen) atoms. The van der Waals surface area contributed by atoms with E-state index >= 15 is 0 Å². The van der Waals surface area contributed by atoms with Crippen LogP contribution in [-0.4, -0.2) is 42.3 Å². The molecule has 0 saturated carbocycles. The molecule has 0 spiro atoms. The molecule has 86 valence electrons. The van der Waals surface area contributed by atoms with Crippen molar-refractivity contribution >= 4 is 18.5 Å². The summed E-state index contributed by atoms with van der Waals surface area (Å²) < 4.78 is 13.1. The van der Waals surface area contributed by atoms with E-state index < -0.39 is 18.8 Å². The third kappa shape index (κ3) is 2.57. The second kappa shape index (κ2) is 5.06. The first kappa shape index (κ1) is 12.6. The zero-order chi connectivity index (χ0) is 12.3. The molecule has 1 aromatic carbocycles. The van der Waals surface area contributed by atoms with Crippen LogP contribution in [0.3, 0.4) is 0 Å². The van der Waals surface area contributed by atoms with Gasteiger partial charge in [-0.2, -0.15) is 0 Å². The summed E-state index contributed by atoms with van der Waals surface area (Å²) in [5.41, 5.74) is -0.246. The van der Waals surface area contributed by atoms with Crippen LogP contribution >= 0.6 is 0 Å². The minimum atomic E-state index is -1.96. The van der Waals surface area contributed by atoms with Crippen molar-refractivity contribution in [3.63, 3.8) is 0 Å². The van der Waals surface area contributed by atoms with Crippen LogP contribution in [-0.2, 0) is 4.84 Å². The highest BCUT2D eigenvalue weighted by Crippen LogP contribution is 2.05. The number of nitrogens with zero attached hydrogens (tertiary/aromatic N) is 1. The number of amides is 1. The van der Waals surface area contributed by atoms with E-state index in [4.69, 9.17) is 10.0 Å². The van der Waals surface area contributed by atoms with Crippen molar-refractivity contribution in [3.05, 3.63) is 29.6 Å². The van der Waals surface area contributed by atoms with E-state index in [1.807, 2.05) is 0 Å². The van der Waals surface area contributed by atoms with Crippen molar-refractivity contribution in [1.29, 1.82) is 0 Å². The predicted molar refractivity (Wildman–Crippen MR) is 55.3 cm³/mol. The van der Waals surface area contributed by atoms with Gasteiger partial charge in [0.25, 0.3) is 5.91 Å². The first-order valence-corrected chi connectivity index (χ1v) is 4.45. The molecular formula is C9H11BFNO4. The molecule has 0 unspecified atom stereocenters. The van der Waals surface area contributed by atoms with Crippen LogP contribution in [0.15, 0.2) is 18.2 Å². The predicted octanol–water partition coefficient (Wildman–Crippen LogP) is -0.861. The molecule has 0 saturated heterocycles. The number of rotatable bonds is 3. The van der Waals surface area contributed by atoms with Gasteiger partial charge in [-0.15, -0.1) is 0 Å². The summed E-state index contributed by atoms with van der Waals surface area (Å²) in [5.74, 6) is -1.30. The number of hydroxylamine groups is 2. The maximum atomic E-state index is 13.1. The Morgan fingerprint density at radius 1 is 1.50 bits per heavy atom. The average Bonchev–Trinajstić information content (AvgIpc) is 2.27. The van der Waals surface area contributed by atoms with Gasteiger partial charge >= 0.3 is 7.12 Å². The number of benzene rings is 1. The van der Waals surface area contributed by atoms with Gasteiger partial charge in [-0.1, -0.05) is 0 Å². The summed E-state index contributed by atoms with van der Waals surface area (Å²) >= 11 is 0. The van der Waals surface area contributed by atoms with E-state index in [1.54, 1.807) is 0 Å². The van der Waals surface area contributed by atoms with Crippen molar-refractivity contribution in [3.8, 4) is 0 Å². The summed E-state index contributed by atoms with van der Waals surface area (Å²) in [6, 6.07) is 3.29. The van der Waals surface area contributed by atoms with Crippen LogP contribution in [0.2, 0.25) is 0 Å². The molecular weight excluding hydrogens is 216 g/mol. The SMILES string of the molecule is CON(C)C(=O)c1ccc(F)c(B(O)O)c1. The van der Waals surface area contributed by atoms with Gasteiger partial charge in [-0.05, 0) is 18.2 Å². The highest BCUT2D eigenvalue weighted by Gasteiger charge is 2.20. The first-order chi connectivity index (χ1) is 7.47. The molecule has 1 amide bonds. The fourth-order valence-electron chi connectivity index (χ4n) is 1.14. The zero-order valence-electron chi connectivity index (χ0n) is 8.85. The average molecular weight is 227 g/mol. The molecule has 5 nitrogen and oxygen atoms in total. The summed E-state index contributed by atoms with van der Waals surface area (Å²) in [6.45, 7) is 0. The Kier molecular flexibility index (Phi) is 4.00. The number of hydrogen-bond acceptors (Lipinski definition) is 4. The quantitative estimate of drug-likeness (QED) is 0.520. The van der Waals surface area contributed by atoms with Gasteiger partial charge in [-0.3, -0.25) is 9.63 Å². The first-order valence-electron chi connectivity index (χ1n) is 4.45. The second-order valence-electron chi connectivity index (χ2n) is 3.10. The second-order valence-corrected chi connectivity index (χ2v) is 3.10. The van der Waals surface area contributed by atoms with E-state index in [0.29, 0.717) is 0 Å². The molecule has 0 fully saturated rings. The third-order valence-corrected chi connectivity index (χ3v) is 2.08. The molecule has 1 rings (SSSR count). The molecule has 0 aromatic heterocycles. The highest BCUT2D eigenvalue weighted by molar-refractivity contribution is 6.58. The van der Waals surface area contributed by atoms with Gasteiger partial charge in [0.2, 0.25) is 0 Å². The van der Waals surface area contributed by atoms with Crippen LogP contribution in [0.4, 0.5) is 4.39 Å². The Balaban J connectivity index is 3.08. The van der Waals surface area contributed by atoms with Crippen LogP contribution in [0.25, 0.3) is 0 Å². The Hall–Kier alpha value is -1.44. The molecule has 0 radical (unpaired) electrons. The number of carbonyl (C=O) groups is 1. The molecule has 0 atom stereocenters. The van der Waals surface area contributed by atoms with Crippen LogP contribution < -0.4 is 5.46 Å².